The Hall–Kier alpha value is -2.05. The van der Waals surface area contributed by atoms with E-state index in [0.717, 1.165) is 11.8 Å². The van der Waals surface area contributed by atoms with E-state index in [4.69, 9.17) is 11.6 Å². The number of hydrogen-bond acceptors (Lipinski definition) is 4. The van der Waals surface area contributed by atoms with E-state index >= 15 is 0 Å². The molecule has 0 fully saturated rings. The van der Waals surface area contributed by atoms with E-state index < -0.39 is 16.1 Å². The van der Waals surface area contributed by atoms with Gasteiger partial charge in [0.15, 0.2) is 0 Å². The summed E-state index contributed by atoms with van der Waals surface area (Å²) in [6.07, 6.45) is 0. The fourth-order valence-electron chi connectivity index (χ4n) is 1.71. The molecule has 1 N–H and O–H groups in total. The molecule has 108 valence electrons. The zero-order valence-corrected chi connectivity index (χ0v) is 12.2. The van der Waals surface area contributed by atoms with Gasteiger partial charge in [-0.05, 0) is 23.8 Å². The molecule has 2 rings (SSSR count). The first kappa shape index (κ1) is 15.3. The Morgan fingerprint density at radius 3 is 2.48 bits per heavy atom. The minimum atomic E-state index is -1.02. The van der Waals surface area contributed by atoms with E-state index in [1.54, 1.807) is 30.3 Å². The SMILES string of the molecule is O=C(O)C(Sc1cccc([N+](=O)[O-])c1)c1ccc(Cl)cc1. The Bertz CT molecular complexity index is 675. The minimum Gasteiger partial charge on any atom is -0.480 e. The second-order valence-electron chi connectivity index (χ2n) is 4.14. The third-order valence-corrected chi connectivity index (χ3v) is 4.17. The molecule has 0 aliphatic heterocycles. The first-order valence-electron chi connectivity index (χ1n) is 5.87. The molecule has 1 atom stereocenters. The van der Waals surface area contributed by atoms with Crippen LogP contribution in [0.3, 0.4) is 0 Å². The quantitative estimate of drug-likeness (QED) is 0.507. The molecule has 0 saturated heterocycles. The van der Waals surface area contributed by atoms with Crippen molar-refractivity contribution in [3.8, 4) is 0 Å². The molecule has 0 saturated carbocycles. The Morgan fingerprint density at radius 1 is 1.24 bits per heavy atom. The highest BCUT2D eigenvalue weighted by Gasteiger charge is 2.22. The Labute approximate surface area is 129 Å². The molecule has 0 radical (unpaired) electrons. The molecule has 0 aromatic heterocycles. The van der Waals surface area contributed by atoms with Crippen LogP contribution < -0.4 is 0 Å². The molecule has 0 spiro atoms. The lowest BCUT2D eigenvalue weighted by molar-refractivity contribution is -0.385. The van der Waals surface area contributed by atoms with Crippen LogP contribution in [0.2, 0.25) is 5.02 Å². The lowest BCUT2D eigenvalue weighted by atomic mass is 10.1. The van der Waals surface area contributed by atoms with Crippen molar-refractivity contribution in [3.05, 3.63) is 69.2 Å². The third kappa shape index (κ3) is 3.96. The predicted octanol–water partition coefficient (Wildman–Crippen LogP) is 4.17. The maximum absolute atomic E-state index is 11.4. The number of non-ortho nitro benzene ring substituents is 1. The van der Waals surface area contributed by atoms with Gasteiger partial charge in [-0.15, -0.1) is 11.8 Å². The van der Waals surface area contributed by atoms with Crippen LogP contribution in [0.1, 0.15) is 10.8 Å². The number of carboxylic acid groups (broad SMARTS) is 1. The van der Waals surface area contributed by atoms with Crippen molar-refractivity contribution in [1.29, 1.82) is 0 Å². The molecule has 2 aromatic carbocycles. The van der Waals surface area contributed by atoms with E-state index in [1.807, 2.05) is 0 Å². The van der Waals surface area contributed by atoms with Gasteiger partial charge in [0.25, 0.3) is 5.69 Å². The summed E-state index contributed by atoms with van der Waals surface area (Å²) in [6, 6.07) is 12.4. The number of aliphatic carboxylic acids is 1. The number of benzene rings is 2. The van der Waals surface area contributed by atoms with Crippen LogP contribution in [0.15, 0.2) is 53.4 Å². The van der Waals surface area contributed by atoms with E-state index in [9.17, 15) is 20.0 Å². The van der Waals surface area contributed by atoms with Crippen molar-refractivity contribution in [2.24, 2.45) is 0 Å². The maximum atomic E-state index is 11.4. The predicted molar refractivity (Wildman–Crippen MR) is 80.8 cm³/mol. The van der Waals surface area contributed by atoms with Crippen molar-refractivity contribution in [2.45, 2.75) is 10.1 Å². The fraction of sp³-hybridized carbons (Fsp3) is 0.0714. The second kappa shape index (κ2) is 6.60. The molecule has 21 heavy (non-hydrogen) atoms. The van der Waals surface area contributed by atoms with Crippen molar-refractivity contribution >= 4 is 35.0 Å². The van der Waals surface area contributed by atoms with Gasteiger partial charge < -0.3 is 5.11 Å². The van der Waals surface area contributed by atoms with Crippen LogP contribution in [0.5, 0.6) is 0 Å². The number of carbonyl (C=O) groups is 1. The molecule has 0 amide bonds. The average Bonchev–Trinajstić information content (AvgIpc) is 2.46. The summed E-state index contributed by atoms with van der Waals surface area (Å²) in [5.74, 6) is -1.02. The van der Waals surface area contributed by atoms with Crippen LogP contribution >= 0.6 is 23.4 Å². The highest BCUT2D eigenvalue weighted by molar-refractivity contribution is 8.00. The van der Waals surface area contributed by atoms with Crippen LogP contribution in [0.25, 0.3) is 0 Å². The van der Waals surface area contributed by atoms with Crippen LogP contribution in [0.4, 0.5) is 5.69 Å². The number of nitrogens with zero attached hydrogens (tertiary/aromatic N) is 1. The molecular weight excluding hydrogens is 314 g/mol. The molecule has 0 heterocycles. The number of nitro groups is 1. The van der Waals surface area contributed by atoms with Crippen LogP contribution in [0, 0.1) is 10.1 Å². The van der Waals surface area contributed by atoms with Crippen molar-refractivity contribution in [1.82, 2.24) is 0 Å². The summed E-state index contributed by atoms with van der Waals surface area (Å²) in [5, 5.41) is 19.8. The van der Waals surface area contributed by atoms with E-state index in [-0.39, 0.29) is 5.69 Å². The van der Waals surface area contributed by atoms with Crippen LogP contribution in [-0.2, 0) is 4.79 Å². The van der Waals surface area contributed by atoms with Crippen molar-refractivity contribution in [3.63, 3.8) is 0 Å². The standard InChI is InChI=1S/C14H10ClNO4S/c15-10-6-4-9(5-7-10)13(14(17)18)21-12-3-1-2-11(8-12)16(19)20/h1-8,13H,(H,17,18). The summed E-state index contributed by atoms with van der Waals surface area (Å²) >= 11 is 6.82. The molecule has 0 aliphatic carbocycles. The molecule has 7 heteroatoms. The summed E-state index contributed by atoms with van der Waals surface area (Å²) in [7, 11) is 0. The van der Waals surface area contributed by atoms with E-state index in [1.165, 1.54) is 18.2 Å². The lowest BCUT2D eigenvalue weighted by Gasteiger charge is -2.12. The van der Waals surface area contributed by atoms with Gasteiger partial charge in [-0.1, -0.05) is 29.8 Å². The second-order valence-corrected chi connectivity index (χ2v) is 5.76. The molecule has 1 unspecified atom stereocenters. The van der Waals surface area contributed by atoms with Gasteiger partial charge >= 0.3 is 5.97 Å². The van der Waals surface area contributed by atoms with Gasteiger partial charge in [-0.25, -0.2) is 0 Å². The van der Waals surface area contributed by atoms with Gasteiger partial charge in [0.2, 0.25) is 0 Å². The first-order valence-corrected chi connectivity index (χ1v) is 7.12. The Kier molecular flexibility index (Phi) is 4.82. The Morgan fingerprint density at radius 2 is 1.90 bits per heavy atom. The van der Waals surface area contributed by atoms with Crippen molar-refractivity contribution in [2.75, 3.05) is 0 Å². The molecular formula is C14H10ClNO4S. The highest BCUT2D eigenvalue weighted by atomic mass is 35.5. The maximum Gasteiger partial charge on any atom is 0.321 e. The van der Waals surface area contributed by atoms with Crippen molar-refractivity contribution < 1.29 is 14.8 Å². The topological polar surface area (TPSA) is 80.4 Å². The third-order valence-electron chi connectivity index (χ3n) is 2.68. The summed E-state index contributed by atoms with van der Waals surface area (Å²) in [6.45, 7) is 0. The lowest BCUT2D eigenvalue weighted by Crippen LogP contribution is -2.07. The first-order chi connectivity index (χ1) is 9.97. The summed E-state index contributed by atoms with van der Waals surface area (Å²) < 4.78 is 0. The zero-order chi connectivity index (χ0) is 15.4. The number of thioether (sulfide) groups is 1. The molecule has 5 nitrogen and oxygen atoms in total. The molecule has 2 aromatic rings. The number of nitro benzene ring substituents is 1. The van der Waals surface area contributed by atoms with Crippen LogP contribution in [-0.4, -0.2) is 16.0 Å². The van der Waals surface area contributed by atoms with Gasteiger partial charge in [0.05, 0.1) is 4.92 Å². The number of hydrogen-bond donors (Lipinski definition) is 1. The summed E-state index contributed by atoms with van der Waals surface area (Å²) in [4.78, 5) is 22.2. The zero-order valence-electron chi connectivity index (χ0n) is 10.6. The fourth-order valence-corrected chi connectivity index (χ4v) is 2.84. The van der Waals surface area contributed by atoms with Gasteiger partial charge in [-0.3, -0.25) is 14.9 Å². The Balaban J connectivity index is 2.28. The van der Waals surface area contributed by atoms with E-state index in [2.05, 4.69) is 0 Å². The van der Waals surface area contributed by atoms with Gasteiger partial charge in [0, 0.05) is 22.1 Å². The highest BCUT2D eigenvalue weighted by Crippen LogP contribution is 2.37. The normalized spacial score (nSPS) is 11.9. The van der Waals surface area contributed by atoms with Gasteiger partial charge in [0.1, 0.15) is 5.25 Å². The largest absolute Gasteiger partial charge is 0.480 e. The molecule has 0 bridgehead atoms. The van der Waals surface area contributed by atoms with E-state index in [0.29, 0.717) is 15.5 Å². The minimum absolute atomic E-state index is 0.0692. The molecule has 0 aliphatic rings. The number of halogens is 1. The number of rotatable bonds is 5. The smallest absolute Gasteiger partial charge is 0.321 e. The number of carboxylic acids is 1. The summed E-state index contributed by atoms with van der Waals surface area (Å²) in [5.41, 5.74) is 0.503. The average molecular weight is 324 g/mol. The van der Waals surface area contributed by atoms with Gasteiger partial charge in [-0.2, -0.15) is 0 Å². The monoisotopic (exact) mass is 323 g/mol.